The Morgan fingerprint density at radius 3 is 2.07 bits per heavy atom. The zero-order chi connectivity index (χ0) is 42.1. The zero-order valence-electron chi connectivity index (χ0n) is 32.1. The molecule has 0 radical (unpaired) electrons. The Kier molecular flexibility index (Phi) is 13.7. The zero-order valence-corrected chi connectivity index (χ0v) is 32.8. The minimum atomic E-state index is -0.211. The van der Waals surface area contributed by atoms with Gasteiger partial charge in [0.15, 0.2) is 24.1 Å². The molecule has 0 bridgehead atoms. The minimum absolute atomic E-state index is 0.00639. The first kappa shape index (κ1) is 42.0. The lowest BCUT2D eigenvalue weighted by Gasteiger charge is -2.31. The maximum atomic E-state index is 12.9. The highest BCUT2D eigenvalue weighted by atomic mass is 35.5. The number of rotatable bonds is 8. The number of aldehydes is 2. The van der Waals surface area contributed by atoms with Crippen molar-refractivity contribution in [3.05, 3.63) is 151 Å². The van der Waals surface area contributed by atoms with Gasteiger partial charge in [0.2, 0.25) is 0 Å². The van der Waals surface area contributed by atoms with E-state index in [9.17, 15) is 24.3 Å². The van der Waals surface area contributed by atoms with E-state index in [1.807, 2.05) is 30.4 Å². The number of nitrogens with zero attached hydrogens (tertiary/aromatic N) is 2. The van der Waals surface area contributed by atoms with Crippen LogP contribution in [-0.2, 0) is 22.0 Å². The van der Waals surface area contributed by atoms with Crippen LogP contribution in [0.25, 0.3) is 11.4 Å². The first-order valence-electron chi connectivity index (χ1n) is 18.4. The summed E-state index contributed by atoms with van der Waals surface area (Å²) in [6.45, 7) is 5.61. The molecule has 8 rings (SSSR count). The number of allylic oxidation sites excluding steroid dienone is 2. The predicted molar refractivity (Wildman–Crippen MR) is 219 cm³/mol. The molecular formula is C44H41ClN2O12. The van der Waals surface area contributed by atoms with Gasteiger partial charge in [-0.05, 0) is 79.6 Å². The molecule has 5 aromatic rings. The average molecular weight is 825 g/mol. The molecule has 3 N–H and O–H groups in total. The van der Waals surface area contributed by atoms with Crippen molar-refractivity contribution >= 4 is 29.9 Å². The second-order valence-corrected chi connectivity index (χ2v) is 13.7. The minimum Gasteiger partial charge on any atom is -0.508 e. The van der Waals surface area contributed by atoms with Crippen LogP contribution < -0.4 is 25.3 Å². The third-order valence-corrected chi connectivity index (χ3v) is 9.69. The highest BCUT2D eigenvalue weighted by molar-refractivity contribution is 6.17. The number of phenolic OH excluding ortho intramolecular Hbond substituents is 3. The van der Waals surface area contributed by atoms with Crippen molar-refractivity contribution in [3.63, 3.8) is 0 Å². The Bertz CT molecular complexity index is 2530. The fourth-order valence-electron chi connectivity index (χ4n) is 6.23. The number of aromatic nitrogens is 2. The number of hydrogen-bond donors (Lipinski definition) is 3. The van der Waals surface area contributed by atoms with Gasteiger partial charge >= 0.3 is 0 Å². The number of halogens is 1. The van der Waals surface area contributed by atoms with Crippen LogP contribution in [-0.4, -0.2) is 75.7 Å². The average Bonchev–Trinajstić information content (AvgIpc) is 3.25. The van der Waals surface area contributed by atoms with Gasteiger partial charge in [0, 0.05) is 41.9 Å². The number of fused-ring (bicyclic) bond motifs is 2. The second kappa shape index (κ2) is 19.2. The summed E-state index contributed by atoms with van der Waals surface area (Å²) in [5.74, 6) is 1.62. The molecule has 59 heavy (non-hydrogen) atoms. The maximum Gasteiger partial charge on any atom is 0.261 e. The summed E-state index contributed by atoms with van der Waals surface area (Å²) in [5.41, 5.74) is 3.82. The van der Waals surface area contributed by atoms with Crippen LogP contribution in [0.3, 0.4) is 0 Å². The van der Waals surface area contributed by atoms with Crippen LogP contribution in [0.2, 0.25) is 0 Å². The van der Waals surface area contributed by atoms with E-state index >= 15 is 0 Å². The summed E-state index contributed by atoms with van der Waals surface area (Å²) in [4.78, 5) is 46.3. The quantitative estimate of drug-likeness (QED) is 0.122. The van der Waals surface area contributed by atoms with Crippen molar-refractivity contribution in [1.82, 2.24) is 9.13 Å². The van der Waals surface area contributed by atoms with Crippen molar-refractivity contribution < 1.29 is 48.6 Å². The third-order valence-electron chi connectivity index (χ3n) is 9.40. The number of carbonyl (C=O) groups is 2. The standard InChI is InChI=1S/C22H21NO6.C14H12ClNO3.C8H8O3/c1-14-9-16(12-24)18(25)11-20(14)29-13-15-3-2-6-23(22(15)26)17-4-5-19-21(10-17)28-8-7-27-19;15-9-10-2-1-5-16(14(10)17)11-3-4-12-13(8-11)19-7-6-18-12;1-5-2-6(4-9)8(11)3-7(5)10/h2-6,9-12,19,21,25H,7-8,13H2,1H3;1-5,8H,6-7,9H2;2-4,10-11H,1H3. The van der Waals surface area contributed by atoms with Crippen LogP contribution in [0.15, 0.2) is 107 Å². The SMILES string of the molecule is Cc1cc(C=O)c(O)cc1O.Cc1cc(C=O)c(O)cc1OCc1cccn(C2=CC3OCCOC3C=C2)c1=O.O=c1c(CCl)cccn1-c1ccc2c(c1)OCCO2. The third kappa shape index (κ3) is 9.92. The molecule has 1 fully saturated rings. The van der Waals surface area contributed by atoms with Gasteiger partial charge in [-0.15, -0.1) is 11.6 Å². The fourth-order valence-corrected chi connectivity index (χ4v) is 6.43. The van der Waals surface area contributed by atoms with E-state index in [1.165, 1.54) is 12.1 Å². The van der Waals surface area contributed by atoms with E-state index in [1.54, 1.807) is 71.8 Å². The Morgan fingerprint density at radius 2 is 1.36 bits per heavy atom. The molecule has 306 valence electrons. The molecule has 4 heterocycles. The molecule has 1 aliphatic carbocycles. The van der Waals surface area contributed by atoms with E-state index in [4.69, 9.17) is 45.5 Å². The summed E-state index contributed by atoms with van der Waals surface area (Å²) < 4.78 is 31.2. The van der Waals surface area contributed by atoms with Gasteiger partial charge in [0.1, 0.15) is 55.0 Å². The van der Waals surface area contributed by atoms with E-state index < -0.39 is 0 Å². The summed E-state index contributed by atoms with van der Waals surface area (Å²) >= 11 is 5.75. The smallest absolute Gasteiger partial charge is 0.261 e. The number of aryl methyl sites for hydroxylation is 2. The first-order valence-corrected chi connectivity index (χ1v) is 18.9. The predicted octanol–water partition coefficient (Wildman–Crippen LogP) is 6.01. The molecule has 3 aromatic carbocycles. The molecule has 0 amide bonds. The molecule has 2 aliphatic heterocycles. The number of benzene rings is 3. The van der Waals surface area contributed by atoms with Crippen molar-refractivity contribution in [3.8, 4) is 40.2 Å². The number of alkyl halides is 1. The Balaban J connectivity index is 0.000000166. The van der Waals surface area contributed by atoms with Crippen molar-refractivity contribution in [2.24, 2.45) is 0 Å². The molecule has 0 saturated carbocycles. The van der Waals surface area contributed by atoms with Crippen LogP contribution in [0.1, 0.15) is 43.0 Å². The lowest BCUT2D eigenvalue weighted by Crippen LogP contribution is -2.38. The van der Waals surface area contributed by atoms with E-state index in [2.05, 4.69) is 0 Å². The second-order valence-electron chi connectivity index (χ2n) is 13.4. The number of carbonyl (C=O) groups excluding carboxylic acids is 2. The normalized spacial score (nSPS) is 16.2. The van der Waals surface area contributed by atoms with Crippen LogP contribution in [0.4, 0.5) is 0 Å². The van der Waals surface area contributed by atoms with Crippen molar-refractivity contribution in [2.75, 3.05) is 26.4 Å². The van der Waals surface area contributed by atoms with Gasteiger partial charge in [-0.2, -0.15) is 0 Å². The molecule has 2 aromatic heterocycles. The highest BCUT2D eigenvalue weighted by Gasteiger charge is 2.26. The molecule has 1 saturated heterocycles. The Morgan fingerprint density at radius 1 is 0.729 bits per heavy atom. The van der Waals surface area contributed by atoms with Crippen molar-refractivity contribution in [1.29, 1.82) is 0 Å². The lowest BCUT2D eigenvalue weighted by molar-refractivity contribution is -0.102. The summed E-state index contributed by atoms with van der Waals surface area (Å²) in [5, 5.41) is 27.9. The van der Waals surface area contributed by atoms with Crippen LogP contribution in [0.5, 0.6) is 34.5 Å². The van der Waals surface area contributed by atoms with Crippen molar-refractivity contribution in [2.45, 2.75) is 38.5 Å². The van der Waals surface area contributed by atoms with Crippen LogP contribution >= 0.6 is 11.6 Å². The van der Waals surface area contributed by atoms with Gasteiger partial charge < -0.3 is 39.0 Å². The Labute approximate surface area is 343 Å². The summed E-state index contributed by atoms with van der Waals surface area (Å²) in [6.07, 6.45) is 9.83. The molecule has 0 spiro atoms. The van der Waals surface area contributed by atoms with Gasteiger partial charge in [-0.1, -0.05) is 12.1 Å². The highest BCUT2D eigenvalue weighted by Crippen LogP contribution is 2.32. The van der Waals surface area contributed by atoms with E-state index in [0.29, 0.717) is 84.2 Å². The number of ether oxygens (including phenoxy) is 5. The first-order chi connectivity index (χ1) is 28.5. The maximum absolute atomic E-state index is 12.9. The number of phenols is 3. The van der Waals surface area contributed by atoms with Crippen LogP contribution in [0, 0.1) is 13.8 Å². The fraction of sp³-hybridized carbons (Fsp3) is 0.227. The van der Waals surface area contributed by atoms with E-state index in [-0.39, 0.29) is 64.2 Å². The number of hydrogen-bond acceptors (Lipinski definition) is 12. The topological polar surface area (TPSA) is 185 Å². The Hall–Kier alpha value is -6.61. The molecule has 2 atom stereocenters. The molecule has 3 aliphatic rings. The molecule has 14 nitrogen and oxygen atoms in total. The van der Waals surface area contributed by atoms with Gasteiger partial charge in [-0.25, -0.2) is 0 Å². The molecule has 2 unspecified atom stereocenters. The summed E-state index contributed by atoms with van der Waals surface area (Å²) in [6, 6.07) is 17.9. The largest absolute Gasteiger partial charge is 0.508 e. The van der Waals surface area contributed by atoms with Gasteiger partial charge in [0.25, 0.3) is 11.1 Å². The lowest BCUT2D eigenvalue weighted by atomic mass is 10.0. The number of aromatic hydroxyl groups is 3. The van der Waals surface area contributed by atoms with E-state index in [0.717, 1.165) is 11.8 Å². The summed E-state index contributed by atoms with van der Waals surface area (Å²) in [7, 11) is 0. The molecule has 15 heteroatoms. The number of pyridine rings is 2. The monoisotopic (exact) mass is 824 g/mol. The van der Waals surface area contributed by atoms with Gasteiger partial charge in [0.05, 0.1) is 41.5 Å². The molecular weight excluding hydrogens is 784 g/mol. The van der Waals surface area contributed by atoms with Gasteiger partial charge in [-0.3, -0.25) is 28.3 Å².